The molecule has 1 saturated heterocycles. The summed E-state index contributed by atoms with van der Waals surface area (Å²) in [5, 5.41) is 1.10. The van der Waals surface area contributed by atoms with E-state index in [0.29, 0.717) is 22.8 Å². The summed E-state index contributed by atoms with van der Waals surface area (Å²) >= 11 is 13.3. The van der Waals surface area contributed by atoms with Crippen molar-refractivity contribution >= 4 is 78.1 Å². The topological polar surface area (TPSA) is 58.6 Å². The van der Waals surface area contributed by atoms with Crippen LogP contribution >= 0.6 is 55.8 Å². The molecule has 1 heterocycles. The number of thioether (sulfide) groups is 1. The molecule has 0 unspecified atom stereocenters. The van der Waals surface area contributed by atoms with E-state index < -0.39 is 11.8 Å². The fourth-order valence-corrected chi connectivity index (χ4v) is 4.98. The molecular formula is C25H18Br2N2O3S2. The Balaban J connectivity index is 1.53. The third-order valence-corrected chi connectivity index (χ3v) is 7.34. The van der Waals surface area contributed by atoms with Crippen molar-refractivity contribution in [3.05, 3.63) is 103 Å². The van der Waals surface area contributed by atoms with Crippen molar-refractivity contribution in [1.29, 1.82) is 0 Å². The van der Waals surface area contributed by atoms with E-state index in [4.69, 9.17) is 17.0 Å². The van der Waals surface area contributed by atoms with E-state index in [1.165, 1.54) is 0 Å². The number of carbonyl (C=O) groups is 2. The third kappa shape index (κ3) is 5.78. The Kier molecular flexibility index (Phi) is 7.88. The molecule has 4 rings (SSSR count). The first-order valence-corrected chi connectivity index (χ1v) is 12.9. The maximum Gasteiger partial charge on any atom is 0.285 e. The number of hydrogen-bond donors (Lipinski definition) is 1. The molecule has 3 aromatic rings. The standard InChI is InChI=1S/C25H18Br2N2O3S2/c1-15-4-2-3-5-17(15)14-32-21-11-10-20(27)12-18(21)13-22-24(31)29(25(33)34-22)28-23(30)16-6-8-19(26)9-7-16/h2-13H,14H2,1H3,(H,28,30)/b22-13+. The normalized spacial score (nSPS) is 14.6. The lowest BCUT2D eigenvalue weighted by Crippen LogP contribution is -2.44. The van der Waals surface area contributed by atoms with Gasteiger partial charge in [0.2, 0.25) is 0 Å². The van der Waals surface area contributed by atoms with Gasteiger partial charge in [0.05, 0.1) is 4.91 Å². The van der Waals surface area contributed by atoms with Crippen LogP contribution in [0.15, 0.2) is 80.6 Å². The van der Waals surface area contributed by atoms with Gasteiger partial charge in [0.25, 0.3) is 11.8 Å². The average molecular weight is 618 g/mol. The van der Waals surface area contributed by atoms with E-state index in [1.807, 2.05) is 49.4 Å². The van der Waals surface area contributed by atoms with Crippen LogP contribution in [0.4, 0.5) is 0 Å². The lowest BCUT2D eigenvalue weighted by molar-refractivity contribution is -0.123. The lowest BCUT2D eigenvalue weighted by atomic mass is 10.1. The quantitative estimate of drug-likeness (QED) is 0.248. The Morgan fingerprint density at radius 2 is 1.79 bits per heavy atom. The molecule has 0 atom stereocenters. The van der Waals surface area contributed by atoms with Crippen LogP contribution in [0.25, 0.3) is 6.08 Å². The number of halogens is 2. The van der Waals surface area contributed by atoms with Gasteiger partial charge in [-0.25, -0.2) is 0 Å². The third-order valence-electron chi connectivity index (χ3n) is 5.02. The fourth-order valence-electron chi connectivity index (χ4n) is 3.16. The van der Waals surface area contributed by atoms with E-state index in [0.717, 1.165) is 42.4 Å². The Labute approximate surface area is 223 Å². The molecule has 3 aromatic carbocycles. The minimum absolute atomic E-state index is 0.249. The highest BCUT2D eigenvalue weighted by Gasteiger charge is 2.34. The molecule has 2 amide bonds. The molecule has 1 aliphatic heterocycles. The molecular weight excluding hydrogens is 600 g/mol. The second kappa shape index (κ2) is 10.9. The van der Waals surface area contributed by atoms with Gasteiger partial charge >= 0.3 is 0 Å². The molecule has 0 spiro atoms. The summed E-state index contributed by atoms with van der Waals surface area (Å²) < 4.78 is 8.04. The van der Waals surface area contributed by atoms with E-state index in [9.17, 15) is 9.59 Å². The molecule has 0 radical (unpaired) electrons. The molecule has 172 valence electrons. The summed E-state index contributed by atoms with van der Waals surface area (Å²) in [5.74, 6) is -0.185. The van der Waals surface area contributed by atoms with Crippen molar-refractivity contribution < 1.29 is 14.3 Å². The van der Waals surface area contributed by atoms with Crippen LogP contribution in [-0.4, -0.2) is 21.1 Å². The minimum Gasteiger partial charge on any atom is -0.488 e. The molecule has 9 heteroatoms. The van der Waals surface area contributed by atoms with E-state index in [1.54, 1.807) is 30.3 Å². The molecule has 1 fully saturated rings. The SMILES string of the molecule is Cc1ccccc1COc1ccc(Br)cc1/C=C1/SC(=S)N(NC(=O)c2ccc(Br)cc2)C1=O. The molecule has 5 nitrogen and oxygen atoms in total. The van der Waals surface area contributed by atoms with Crippen LogP contribution < -0.4 is 10.2 Å². The second-order valence-corrected chi connectivity index (χ2v) is 10.9. The Morgan fingerprint density at radius 3 is 2.53 bits per heavy atom. The lowest BCUT2D eigenvalue weighted by Gasteiger charge is -2.15. The summed E-state index contributed by atoms with van der Waals surface area (Å²) in [4.78, 5) is 26.0. The van der Waals surface area contributed by atoms with Crippen molar-refractivity contribution in [2.75, 3.05) is 0 Å². The molecule has 1 N–H and O–H groups in total. The number of carbonyl (C=O) groups excluding carboxylic acids is 2. The Hall–Kier alpha value is -2.46. The van der Waals surface area contributed by atoms with Crippen LogP contribution in [0.1, 0.15) is 27.0 Å². The number of aryl methyl sites for hydroxylation is 1. The van der Waals surface area contributed by atoms with Crippen LogP contribution in [0.3, 0.4) is 0 Å². The maximum absolute atomic E-state index is 13.0. The van der Waals surface area contributed by atoms with Gasteiger partial charge in [-0.1, -0.05) is 67.9 Å². The van der Waals surface area contributed by atoms with Gasteiger partial charge in [0.1, 0.15) is 12.4 Å². The number of ether oxygens (including phenoxy) is 1. The largest absolute Gasteiger partial charge is 0.488 e. The summed E-state index contributed by atoms with van der Waals surface area (Å²) in [5.41, 5.74) is 5.96. The average Bonchev–Trinajstić information content (AvgIpc) is 3.07. The molecule has 0 aromatic heterocycles. The monoisotopic (exact) mass is 616 g/mol. The highest BCUT2D eigenvalue weighted by atomic mass is 79.9. The summed E-state index contributed by atoms with van der Waals surface area (Å²) in [7, 11) is 0. The predicted octanol–water partition coefficient (Wildman–Crippen LogP) is 6.65. The van der Waals surface area contributed by atoms with Crippen LogP contribution in [0, 0.1) is 6.92 Å². The number of hydrogen-bond acceptors (Lipinski definition) is 5. The van der Waals surface area contributed by atoms with Crippen molar-refractivity contribution in [1.82, 2.24) is 10.4 Å². The van der Waals surface area contributed by atoms with Gasteiger partial charge in [-0.2, -0.15) is 5.01 Å². The highest BCUT2D eigenvalue weighted by Crippen LogP contribution is 2.34. The number of thiocarbonyl (C=S) groups is 1. The van der Waals surface area contributed by atoms with E-state index >= 15 is 0 Å². The first kappa shape index (κ1) is 24.7. The number of amides is 2. The zero-order valence-electron chi connectivity index (χ0n) is 17.9. The van der Waals surface area contributed by atoms with Gasteiger partial charge < -0.3 is 4.74 Å². The predicted molar refractivity (Wildman–Crippen MR) is 146 cm³/mol. The molecule has 34 heavy (non-hydrogen) atoms. The summed E-state index contributed by atoms with van der Waals surface area (Å²) in [6, 6.07) is 20.5. The van der Waals surface area contributed by atoms with Crippen molar-refractivity contribution in [3.8, 4) is 5.75 Å². The van der Waals surface area contributed by atoms with Crippen molar-refractivity contribution in [2.24, 2.45) is 0 Å². The zero-order valence-corrected chi connectivity index (χ0v) is 22.7. The molecule has 1 aliphatic rings. The van der Waals surface area contributed by atoms with Crippen LogP contribution in [0.5, 0.6) is 5.75 Å². The van der Waals surface area contributed by atoms with Crippen molar-refractivity contribution in [3.63, 3.8) is 0 Å². The van der Waals surface area contributed by atoms with Gasteiger partial charge in [0.15, 0.2) is 4.32 Å². The minimum atomic E-state index is -0.422. The smallest absolute Gasteiger partial charge is 0.285 e. The van der Waals surface area contributed by atoms with Crippen LogP contribution in [0.2, 0.25) is 0 Å². The van der Waals surface area contributed by atoms with E-state index in [2.05, 4.69) is 37.3 Å². The number of rotatable bonds is 6. The van der Waals surface area contributed by atoms with Crippen LogP contribution in [-0.2, 0) is 11.4 Å². The number of benzene rings is 3. The summed E-state index contributed by atoms with van der Waals surface area (Å²) in [6.07, 6.45) is 1.73. The second-order valence-electron chi connectivity index (χ2n) is 7.36. The first-order valence-electron chi connectivity index (χ1n) is 10.1. The summed E-state index contributed by atoms with van der Waals surface area (Å²) in [6.45, 7) is 2.44. The zero-order chi connectivity index (χ0) is 24.2. The van der Waals surface area contributed by atoms with E-state index in [-0.39, 0.29) is 4.32 Å². The molecule has 0 aliphatic carbocycles. The highest BCUT2D eigenvalue weighted by molar-refractivity contribution is 9.10. The first-order chi connectivity index (χ1) is 16.3. The van der Waals surface area contributed by atoms with Gasteiger partial charge in [-0.05, 0) is 78.8 Å². The Morgan fingerprint density at radius 1 is 1.09 bits per heavy atom. The molecule has 0 bridgehead atoms. The number of hydrazine groups is 1. The number of nitrogens with one attached hydrogen (secondary N) is 1. The number of nitrogens with zero attached hydrogens (tertiary/aromatic N) is 1. The van der Waals surface area contributed by atoms with Gasteiger partial charge in [0, 0.05) is 20.1 Å². The fraction of sp³-hybridized carbons (Fsp3) is 0.0800. The Bertz CT molecular complexity index is 1310. The van der Waals surface area contributed by atoms with Gasteiger partial charge in [-0.3, -0.25) is 15.0 Å². The van der Waals surface area contributed by atoms with Gasteiger partial charge in [-0.15, -0.1) is 0 Å². The van der Waals surface area contributed by atoms with Crippen molar-refractivity contribution in [2.45, 2.75) is 13.5 Å². The molecule has 0 saturated carbocycles. The maximum atomic E-state index is 13.0.